The van der Waals surface area contributed by atoms with Crippen LogP contribution >= 0.6 is 0 Å². The van der Waals surface area contributed by atoms with Crippen LogP contribution in [0.15, 0.2) is 47.5 Å². The first-order valence-corrected chi connectivity index (χ1v) is 9.57. The molecule has 0 spiro atoms. The van der Waals surface area contributed by atoms with Gasteiger partial charge in [0.2, 0.25) is 0 Å². The van der Waals surface area contributed by atoms with Gasteiger partial charge in [0.15, 0.2) is 0 Å². The minimum atomic E-state index is -0.110. The minimum absolute atomic E-state index is 0.110. The molecule has 3 heterocycles. The fourth-order valence-corrected chi connectivity index (χ4v) is 3.85. The van der Waals surface area contributed by atoms with Crippen molar-refractivity contribution in [2.45, 2.75) is 31.8 Å². The average molecular weight is 366 g/mol. The van der Waals surface area contributed by atoms with Crippen LogP contribution in [-0.4, -0.2) is 62.1 Å². The quantitative estimate of drug-likeness (QED) is 0.717. The molecular weight excluding hydrogens is 340 g/mol. The number of likely N-dealkylation sites (N-methyl/N-ethyl adjacent to an activating group) is 1. The Morgan fingerprint density at radius 1 is 1.30 bits per heavy atom. The Kier molecular flexibility index (Phi) is 5.31. The van der Waals surface area contributed by atoms with Gasteiger partial charge in [0.25, 0.3) is 11.3 Å². The molecule has 4 rings (SSSR count). The van der Waals surface area contributed by atoms with E-state index in [0.717, 1.165) is 31.7 Å². The monoisotopic (exact) mass is 366 g/mol. The first-order valence-electron chi connectivity index (χ1n) is 9.57. The predicted octanol–water partition coefficient (Wildman–Crippen LogP) is 1.56. The lowest BCUT2D eigenvalue weighted by Crippen LogP contribution is -2.46. The molecule has 1 unspecified atom stereocenters. The van der Waals surface area contributed by atoms with Crippen molar-refractivity contribution in [3.05, 3.63) is 64.3 Å². The fraction of sp³-hybridized carbons (Fsp3) is 0.450. The molecule has 0 amide bonds. The van der Waals surface area contributed by atoms with Gasteiger partial charge in [-0.3, -0.25) is 14.8 Å². The third kappa shape index (κ3) is 4.26. The van der Waals surface area contributed by atoms with Crippen LogP contribution in [0.4, 0.5) is 0 Å². The standard InChI is InChI=1S/C20H26N6O/c1-24(11-9-16-6-3-2-4-7-16)18-8-5-10-25(14-18)13-17-12-19(27)26-20(23-17)21-15-22-26/h2-4,6-7,12,15,18H,5,8-11,13-14H2,1H3,(H,21,22,23). The van der Waals surface area contributed by atoms with E-state index >= 15 is 0 Å². The van der Waals surface area contributed by atoms with Crippen molar-refractivity contribution in [2.75, 3.05) is 26.7 Å². The van der Waals surface area contributed by atoms with Gasteiger partial charge >= 0.3 is 0 Å². The molecule has 142 valence electrons. The summed E-state index contributed by atoms with van der Waals surface area (Å²) in [6, 6.07) is 12.8. The Hall–Kier alpha value is -2.51. The normalized spacial score (nSPS) is 18.4. The maximum Gasteiger partial charge on any atom is 0.274 e. The highest BCUT2D eigenvalue weighted by atomic mass is 16.1. The number of benzene rings is 1. The van der Waals surface area contributed by atoms with Gasteiger partial charge in [-0.15, -0.1) is 0 Å². The molecule has 7 heteroatoms. The van der Waals surface area contributed by atoms with Crippen molar-refractivity contribution < 1.29 is 0 Å². The molecule has 3 aromatic rings. The summed E-state index contributed by atoms with van der Waals surface area (Å²) in [5.41, 5.74) is 2.06. The zero-order chi connectivity index (χ0) is 18.6. The molecule has 1 fully saturated rings. The van der Waals surface area contributed by atoms with Crippen LogP contribution in [0, 0.1) is 0 Å². The first-order chi connectivity index (χ1) is 13.2. The van der Waals surface area contributed by atoms with Crippen molar-refractivity contribution in [1.29, 1.82) is 0 Å². The van der Waals surface area contributed by atoms with Crippen LogP contribution < -0.4 is 5.56 Å². The molecule has 1 N–H and O–H groups in total. The lowest BCUT2D eigenvalue weighted by molar-refractivity contribution is 0.111. The number of aromatic nitrogens is 4. The van der Waals surface area contributed by atoms with Gasteiger partial charge in [0, 0.05) is 31.7 Å². The third-order valence-corrected chi connectivity index (χ3v) is 5.41. The van der Waals surface area contributed by atoms with Gasteiger partial charge in [0.1, 0.15) is 6.33 Å². The summed E-state index contributed by atoms with van der Waals surface area (Å²) in [6.45, 7) is 3.81. The summed E-state index contributed by atoms with van der Waals surface area (Å²) in [5.74, 6) is 0.436. The molecule has 1 atom stereocenters. The minimum Gasteiger partial charge on any atom is -0.302 e. The highest BCUT2D eigenvalue weighted by molar-refractivity contribution is 5.26. The van der Waals surface area contributed by atoms with Crippen LogP contribution in [0.25, 0.3) is 5.78 Å². The number of nitrogens with one attached hydrogen (secondary N) is 1. The van der Waals surface area contributed by atoms with Crippen LogP contribution in [0.5, 0.6) is 0 Å². The number of piperidine rings is 1. The first kappa shape index (κ1) is 17.9. The number of likely N-dealkylation sites (tertiary alicyclic amines) is 1. The highest BCUT2D eigenvalue weighted by Gasteiger charge is 2.23. The Bertz CT molecular complexity index is 934. The van der Waals surface area contributed by atoms with Gasteiger partial charge in [-0.05, 0) is 38.4 Å². The summed E-state index contributed by atoms with van der Waals surface area (Å²) in [4.78, 5) is 25.6. The molecule has 0 bridgehead atoms. The van der Waals surface area contributed by atoms with E-state index < -0.39 is 0 Å². The number of aromatic amines is 1. The molecule has 0 saturated carbocycles. The molecule has 0 radical (unpaired) electrons. The average Bonchev–Trinajstić information content (AvgIpc) is 3.16. The summed E-state index contributed by atoms with van der Waals surface area (Å²) < 4.78 is 1.36. The van der Waals surface area contributed by atoms with Crippen LogP contribution in [0.2, 0.25) is 0 Å². The van der Waals surface area contributed by atoms with E-state index in [1.165, 1.54) is 29.2 Å². The van der Waals surface area contributed by atoms with Crippen molar-refractivity contribution in [3.8, 4) is 0 Å². The Labute approximate surface area is 158 Å². The maximum atomic E-state index is 12.1. The van der Waals surface area contributed by atoms with Crippen LogP contribution in [0.3, 0.4) is 0 Å². The number of H-pyrrole nitrogens is 1. The number of hydrogen-bond acceptors (Lipinski definition) is 5. The van der Waals surface area contributed by atoms with Gasteiger partial charge in [-0.1, -0.05) is 30.3 Å². The largest absolute Gasteiger partial charge is 0.302 e. The van der Waals surface area contributed by atoms with Crippen molar-refractivity contribution in [1.82, 2.24) is 29.4 Å². The van der Waals surface area contributed by atoms with Gasteiger partial charge < -0.3 is 4.90 Å². The summed E-state index contributed by atoms with van der Waals surface area (Å²) in [5, 5.41) is 2.78. The SMILES string of the molecule is CN(CCc1ccccc1)C1CCCN(Cc2cc(=O)n3[nH]cnc3n2)C1. The predicted molar refractivity (Wildman–Crippen MR) is 105 cm³/mol. The summed E-state index contributed by atoms with van der Waals surface area (Å²) in [6.07, 6.45) is 4.95. The second kappa shape index (κ2) is 8.02. The number of rotatable bonds is 6. The number of hydrogen-bond donors (Lipinski definition) is 1. The molecular formula is C20H26N6O. The van der Waals surface area contributed by atoms with Crippen molar-refractivity contribution in [2.24, 2.45) is 0 Å². The topological polar surface area (TPSA) is 69.5 Å². The zero-order valence-electron chi connectivity index (χ0n) is 15.7. The third-order valence-electron chi connectivity index (χ3n) is 5.41. The van der Waals surface area contributed by atoms with E-state index in [2.05, 4.69) is 62.2 Å². The lowest BCUT2D eigenvalue weighted by atomic mass is 10.0. The fourth-order valence-electron chi connectivity index (χ4n) is 3.85. The van der Waals surface area contributed by atoms with Gasteiger partial charge in [-0.2, -0.15) is 4.52 Å². The van der Waals surface area contributed by atoms with Crippen molar-refractivity contribution in [3.63, 3.8) is 0 Å². The number of nitrogens with zero attached hydrogens (tertiary/aromatic N) is 5. The highest BCUT2D eigenvalue weighted by Crippen LogP contribution is 2.17. The smallest absolute Gasteiger partial charge is 0.274 e. The van der Waals surface area contributed by atoms with Gasteiger partial charge in [-0.25, -0.2) is 9.97 Å². The van der Waals surface area contributed by atoms with Crippen molar-refractivity contribution >= 4 is 5.78 Å². The van der Waals surface area contributed by atoms with Gasteiger partial charge in [0.05, 0.1) is 5.69 Å². The Morgan fingerprint density at radius 2 is 2.15 bits per heavy atom. The summed E-state index contributed by atoms with van der Waals surface area (Å²) >= 11 is 0. The molecule has 1 aromatic carbocycles. The lowest BCUT2D eigenvalue weighted by Gasteiger charge is -2.37. The Balaban J connectivity index is 1.36. The molecule has 27 heavy (non-hydrogen) atoms. The van der Waals surface area contributed by atoms with E-state index in [4.69, 9.17) is 0 Å². The van der Waals surface area contributed by atoms with E-state index in [1.807, 2.05) is 0 Å². The van der Waals surface area contributed by atoms with E-state index in [-0.39, 0.29) is 5.56 Å². The molecule has 2 aromatic heterocycles. The van der Waals surface area contributed by atoms with E-state index in [9.17, 15) is 4.79 Å². The molecule has 1 aliphatic heterocycles. The molecule has 1 saturated heterocycles. The maximum absolute atomic E-state index is 12.1. The Morgan fingerprint density at radius 3 is 3.00 bits per heavy atom. The molecule has 0 aliphatic carbocycles. The van der Waals surface area contributed by atoms with Crippen LogP contribution in [0.1, 0.15) is 24.1 Å². The second-order valence-corrected chi connectivity index (χ2v) is 7.36. The van der Waals surface area contributed by atoms with E-state index in [0.29, 0.717) is 18.4 Å². The molecule has 7 nitrogen and oxygen atoms in total. The van der Waals surface area contributed by atoms with E-state index in [1.54, 1.807) is 6.07 Å². The number of fused-ring (bicyclic) bond motifs is 1. The van der Waals surface area contributed by atoms with Crippen LogP contribution in [-0.2, 0) is 13.0 Å². The molecule has 1 aliphatic rings. The summed E-state index contributed by atoms with van der Waals surface area (Å²) in [7, 11) is 2.22. The second-order valence-electron chi connectivity index (χ2n) is 7.36. The zero-order valence-corrected chi connectivity index (χ0v) is 15.7.